The van der Waals surface area contributed by atoms with Crippen molar-refractivity contribution in [3.63, 3.8) is 0 Å². The Kier molecular flexibility index (Phi) is 3.16. The fourth-order valence-corrected chi connectivity index (χ4v) is 2.16. The molecule has 0 saturated heterocycles. The van der Waals surface area contributed by atoms with E-state index in [1.807, 2.05) is 0 Å². The summed E-state index contributed by atoms with van der Waals surface area (Å²) in [4.78, 5) is 0. The molecule has 0 heteroatoms. The molecule has 1 rings (SSSR count). The number of allylic oxidation sites excluding steroid dienone is 2. The second-order valence-corrected chi connectivity index (χ2v) is 4.00. The molecule has 0 aliphatic heterocycles. The van der Waals surface area contributed by atoms with Crippen molar-refractivity contribution in [1.29, 1.82) is 0 Å². The van der Waals surface area contributed by atoms with Crippen molar-refractivity contribution in [1.82, 2.24) is 0 Å². The Balaban J connectivity index is 2.57. The van der Waals surface area contributed by atoms with Gasteiger partial charge in [-0.05, 0) is 30.6 Å². The van der Waals surface area contributed by atoms with Crippen LogP contribution in [-0.2, 0) is 0 Å². The van der Waals surface area contributed by atoms with Crippen molar-refractivity contribution in [2.45, 2.75) is 40.0 Å². The fraction of sp³-hybridized carbons (Fsp3) is 0.818. The van der Waals surface area contributed by atoms with Gasteiger partial charge < -0.3 is 0 Å². The van der Waals surface area contributed by atoms with Crippen molar-refractivity contribution in [2.24, 2.45) is 17.8 Å². The summed E-state index contributed by atoms with van der Waals surface area (Å²) in [5, 5.41) is 0. The molecule has 0 N–H and O–H groups in total. The highest BCUT2D eigenvalue weighted by atomic mass is 14.3. The highest BCUT2D eigenvalue weighted by molar-refractivity contribution is 4.97. The maximum atomic E-state index is 2.43. The van der Waals surface area contributed by atoms with Crippen LogP contribution in [0.4, 0.5) is 0 Å². The van der Waals surface area contributed by atoms with Crippen LogP contribution in [0, 0.1) is 17.8 Å². The monoisotopic (exact) mass is 152 g/mol. The molecule has 0 bridgehead atoms. The van der Waals surface area contributed by atoms with Gasteiger partial charge in [0.1, 0.15) is 0 Å². The molecule has 0 amide bonds. The maximum absolute atomic E-state index is 2.43. The van der Waals surface area contributed by atoms with E-state index in [4.69, 9.17) is 0 Å². The molecule has 0 saturated carbocycles. The minimum absolute atomic E-state index is 0.830. The molecule has 0 aromatic rings. The van der Waals surface area contributed by atoms with Gasteiger partial charge in [-0.1, -0.05) is 39.3 Å². The zero-order valence-electron chi connectivity index (χ0n) is 8.01. The Morgan fingerprint density at radius 1 is 1.45 bits per heavy atom. The van der Waals surface area contributed by atoms with E-state index in [-0.39, 0.29) is 0 Å². The van der Waals surface area contributed by atoms with E-state index in [0.29, 0.717) is 0 Å². The van der Waals surface area contributed by atoms with Gasteiger partial charge in [-0.2, -0.15) is 0 Å². The van der Waals surface area contributed by atoms with Gasteiger partial charge in [-0.3, -0.25) is 0 Å². The molecule has 1 aliphatic carbocycles. The van der Waals surface area contributed by atoms with E-state index in [1.54, 1.807) is 0 Å². The summed E-state index contributed by atoms with van der Waals surface area (Å²) in [6.45, 7) is 6.99. The summed E-state index contributed by atoms with van der Waals surface area (Å²) >= 11 is 0. The molecule has 0 nitrogen and oxygen atoms in total. The summed E-state index contributed by atoms with van der Waals surface area (Å²) < 4.78 is 0. The molecule has 64 valence electrons. The van der Waals surface area contributed by atoms with Crippen molar-refractivity contribution < 1.29 is 0 Å². The fourth-order valence-electron chi connectivity index (χ4n) is 2.16. The third kappa shape index (κ3) is 2.08. The van der Waals surface area contributed by atoms with Gasteiger partial charge in [0.15, 0.2) is 0 Å². The van der Waals surface area contributed by atoms with Crippen LogP contribution in [-0.4, -0.2) is 0 Å². The predicted octanol–water partition coefficient (Wildman–Crippen LogP) is 3.63. The van der Waals surface area contributed by atoms with Crippen LogP contribution in [0.25, 0.3) is 0 Å². The lowest BCUT2D eigenvalue weighted by Gasteiger charge is -2.29. The standard InChI is InChI=1S/C11H20/c1-4-10-7-5-6-8-11(10)9(2)3/h6,8-11H,4-5,7H2,1-3H3. The van der Waals surface area contributed by atoms with Crippen LogP contribution in [0.15, 0.2) is 12.2 Å². The van der Waals surface area contributed by atoms with Crippen LogP contribution in [0.1, 0.15) is 40.0 Å². The highest BCUT2D eigenvalue weighted by Gasteiger charge is 2.22. The van der Waals surface area contributed by atoms with Gasteiger partial charge in [-0.25, -0.2) is 0 Å². The molecule has 0 radical (unpaired) electrons. The minimum Gasteiger partial charge on any atom is -0.0882 e. The van der Waals surface area contributed by atoms with Crippen LogP contribution in [0.5, 0.6) is 0 Å². The average molecular weight is 152 g/mol. The Morgan fingerprint density at radius 2 is 2.18 bits per heavy atom. The topological polar surface area (TPSA) is 0 Å². The van der Waals surface area contributed by atoms with Crippen molar-refractivity contribution >= 4 is 0 Å². The van der Waals surface area contributed by atoms with Crippen LogP contribution in [0.2, 0.25) is 0 Å². The van der Waals surface area contributed by atoms with Crippen LogP contribution in [0.3, 0.4) is 0 Å². The molecule has 0 spiro atoms. The lowest BCUT2D eigenvalue weighted by molar-refractivity contribution is 0.277. The molecule has 2 atom stereocenters. The molecular formula is C11H20. The zero-order chi connectivity index (χ0) is 8.27. The van der Waals surface area contributed by atoms with Crippen molar-refractivity contribution in [3.8, 4) is 0 Å². The molecule has 0 heterocycles. The first kappa shape index (κ1) is 8.83. The minimum atomic E-state index is 0.830. The Bertz CT molecular complexity index is 133. The molecular weight excluding hydrogens is 132 g/mol. The molecule has 11 heavy (non-hydrogen) atoms. The molecule has 0 aromatic carbocycles. The number of rotatable bonds is 2. The third-order valence-corrected chi connectivity index (χ3v) is 2.90. The Hall–Kier alpha value is -0.260. The van der Waals surface area contributed by atoms with Crippen molar-refractivity contribution in [2.75, 3.05) is 0 Å². The summed E-state index contributed by atoms with van der Waals surface area (Å²) in [6, 6.07) is 0. The Morgan fingerprint density at radius 3 is 2.64 bits per heavy atom. The number of hydrogen-bond acceptors (Lipinski definition) is 0. The van der Waals surface area contributed by atoms with E-state index in [2.05, 4.69) is 32.9 Å². The SMILES string of the molecule is CCC1CCC=CC1C(C)C. The summed E-state index contributed by atoms with van der Waals surface area (Å²) in [5.41, 5.74) is 0. The summed E-state index contributed by atoms with van der Waals surface area (Å²) in [7, 11) is 0. The van der Waals surface area contributed by atoms with E-state index in [1.165, 1.54) is 19.3 Å². The summed E-state index contributed by atoms with van der Waals surface area (Å²) in [5.74, 6) is 2.64. The van der Waals surface area contributed by atoms with E-state index in [9.17, 15) is 0 Å². The molecule has 0 aromatic heterocycles. The highest BCUT2D eigenvalue weighted by Crippen LogP contribution is 2.32. The molecule has 1 aliphatic rings. The first-order valence-corrected chi connectivity index (χ1v) is 4.92. The smallest absolute Gasteiger partial charge is 0.0182 e. The van der Waals surface area contributed by atoms with Crippen molar-refractivity contribution in [3.05, 3.63) is 12.2 Å². The second-order valence-electron chi connectivity index (χ2n) is 4.00. The van der Waals surface area contributed by atoms with Gasteiger partial charge in [0.25, 0.3) is 0 Å². The van der Waals surface area contributed by atoms with E-state index in [0.717, 1.165) is 17.8 Å². The average Bonchev–Trinajstić information content (AvgIpc) is 2.04. The van der Waals surface area contributed by atoms with Gasteiger partial charge in [0.2, 0.25) is 0 Å². The van der Waals surface area contributed by atoms with Gasteiger partial charge >= 0.3 is 0 Å². The predicted molar refractivity (Wildman–Crippen MR) is 50.5 cm³/mol. The van der Waals surface area contributed by atoms with Crippen LogP contribution >= 0.6 is 0 Å². The maximum Gasteiger partial charge on any atom is -0.0182 e. The van der Waals surface area contributed by atoms with E-state index < -0.39 is 0 Å². The first-order chi connectivity index (χ1) is 5.25. The largest absolute Gasteiger partial charge is 0.0882 e. The Labute approximate surface area is 70.7 Å². The van der Waals surface area contributed by atoms with Gasteiger partial charge in [-0.15, -0.1) is 0 Å². The van der Waals surface area contributed by atoms with Crippen LogP contribution < -0.4 is 0 Å². The van der Waals surface area contributed by atoms with Gasteiger partial charge in [0, 0.05) is 0 Å². The lowest BCUT2D eigenvalue weighted by atomic mass is 9.76. The summed E-state index contributed by atoms with van der Waals surface area (Å²) in [6.07, 6.45) is 8.86. The zero-order valence-corrected chi connectivity index (χ0v) is 8.01. The molecule has 2 unspecified atom stereocenters. The lowest BCUT2D eigenvalue weighted by Crippen LogP contribution is -2.19. The number of hydrogen-bond donors (Lipinski definition) is 0. The first-order valence-electron chi connectivity index (χ1n) is 4.92. The van der Waals surface area contributed by atoms with E-state index >= 15 is 0 Å². The second kappa shape index (κ2) is 3.94. The van der Waals surface area contributed by atoms with Gasteiger partial charge in [0.05, 0.1) is 0 Å². The molecule has 0 fully saturated rings. The third-order valence-electron chi connectivity index (χ3n) is 2.90. The quantitative estimate of drug-likeness (QED) is 0.530. The normalized spacial score (nSPS) is 31.3.